The van der Waals surface area contributed by atoms with Crippen LogP contribution in [0.5, 0.6) is 0 Å². The van der Waals surface area contributed by atoms with Crippen LogP contribution in [0.25, 0.3) is 16.6 Å². The van der Waals surface area contributed by atoms with Crippen molar-refractivity contribution in [2.75, 3.05) is 0 Å². The predicted molar refractivity (Wildman–Crippen MR) is 132 cm³/mol. The van der Waals surface area contributed by atoms with E-state index in [9.17, 15) is 14.4 Å². The fourth-order valence-corrected chi connectivity index (χ4v) is 5.38. The lowest BCUT2D eigenvalue weighted by molar-refractivity contribution is 0.0849. The van der Waals surface area contributed by atoms with Gasteiger partial charge in [0.15, 0.2) is 0 Å². The van der Waals surface area contributed by atoms with E-state index >= 15 is 0 Å². The highest BCUT2D eigenvalue weighted by molar-refractivity contribution is 7.14. The molecule has 0 radical (unpaired) electrons. The first-order valence-corrected chi connectivity index (χ1v) is 12.2. The SMILES string of the molecule is O=C(NNC(=O)c1cc2c(s1)CCCCCC2)c1ccc(-n2cnc3ccccc3c2=O)cc1. The first-order valence-electron chi connectivity index (χ1n) is 11.4. The topological polar surface area (TPSA) is 93.1 Å². The summed E-state index contributed by atoms with van der Waals surface area (Å²) in [6.45, 7) is 0. The molecule has 2 heterocycles. The smallest absolute Gasteiger partial charge is 0.268 e. The highest BCUT2D eigenvalue weighted by Gasteiger charge is 2.17. The second-order valence-electron chi connectivity index (χ2n) is 8.37. The minimum Gasteiger partial charge on any atom is -0.268 e. The molecule has 0 bridgehead atoms. The van der Waals surface area contributed by atoms with E-state index in [0.29, 0.717) is 27.0 Å². The second-order valence-corrected chi connectivity index (χ2v) is 9.50. The van der Waals surface area contributed by atoms with Crippen molar-refractivity contribution >= 4 is 34.1 Å². The molecule has 0 spiro atoms. The van der Waals surface area contributed by atoms with E-state index in [0.717, 1.165) is 25.7 Å². The van der Waals surface area contributed by atoms with Crippen LogP contribution in [0.4, 0.5) is 0 Å². The van der Waals surface area contributed by atoms with Gasteiger partial charge in [0.2, 0.25) is 0 Å². The molecule has 34 heavy (non-hydrogen) atoms. The Bertz CT molecular complexity index is 1400. The van der Waals surface area contributed by atoms with Crippen molar-refractivity contribution in [3.8, 4) is 5.69 Å². The van der Waals surface area contributed by atoms with Gasteiger partial charge in [0, 0.05) is 10.4 Å². The van der Waals surface area contributed by atoms with E-state index in [4.69, 9.17) is 0 Å². The van der Waals surface area contributed by atoms with Gasteiger partial charge in [-0.15, -0.1) is 11.3 Å². The third-order valence-electron chi connectivity index (χ3n) is 6.08. The molecule has 8 heteroatoms. The Labute approximate surface area is 200 Å². The van der Waals surface area contributed by atoms with Crippen molar-refractivity contribution in [3.05, 3.63) is 92.2 Å². The Morgan fingerprint density at radius 2 is 1.62 bits per heavy atom. The maximum absolute atomic E-state index is 12.8. The van der Waals surface area contributed by atoms with Gasteiger partial charge in [-0.3, -0.25) is 29.8 Å². The van der Waals surface area contributed by atoms with Crippen LogP contribution in [0.2, 0.25) is 0 Å². The van der Waals surface area contributed by atoms with Gasteiger partial charge >= 0.3 is 0 Å². The number of amides is 2. The summed E-state index contributed by atoms with van der Waals surface area (Å²) in [5.74, 6) is -0.741. The zero-order valence-corrected chi connectivity index (χ0v) is 19.4. The third-order valence-corrected chi connectivity index (χ3v) is 7.32. The molecule has 0 fully saturated rings. The van der Waals surface area contributed by atoms with E-state index < -0.39 is 5.91 Å². The number of carbonyl (C=O) groups excluding carboxylic acids is 2. The lowest BCUT2D eigenvalue weighted by Gasteiger charge is -2.09. The molecule has 2 amide bonds. The monoisotopic (exact) mass is 472 g/mol. The van der Waals surface area contributed by atoms with Gasteiger partial charge in [0.25, 0.3) is 17.4 Å². The Hall–Kier alpha value is -3.78. The van der Waals surface area contributed by atoms with Crippen LogP contribution >= 0.6 is 11.3 Å². The molecule has 0 saturated carbocycles. The molecular formula is C26H24N4O3S. The average Bonchev–Trinajstić information content (AvgIpc) is 3.25. The molecule has 0 aliphatic heterocycles. The number of aryl methyl sites for hydroxylation is 2. The van der Waals surface area contributed by atoms with Crippen molar-refractivity contribution in [3.63, 3.8) is 0 Å². The highest BCUT2D eigenvalue weighted by atomic mass is 32.1. The maximum atomic E-state index is 12.8. The zero-order valence-electron chi connectivity index (χ0n) is 18.5. The molecule has 1 aliphatic rings. The highest BCUT2D eigenvalue weighted by Crippen LogP contribution is 2.28. The first kappa shape index (κ1) is 22.0. The first-order chi connectivity index (χ1) is 16.6. The van der Waals surface area contributed by atoms with E-state index in [1.54, 1.807) is 42.5 Å². The van der Waals surface area contributed by atoms with Crippen LogP contribution in [0.1, 0.15) is 56.2 Å². The number of thiophene rings is 1. The van der Waals surface area contributed by atoms with Gasteiger partial charge < -0.3 is 0 Å². The summed E-state index contributed by atoms with van der Waals surface area (Å²) in [7, 11) is 0. The van der Waals surface area contributed by atoms with Crippen LogP contribution in [-0.2, 0) is 12.8 Å². The van der Waals surface area contributed by atoms with Crippen LogP contribution in [0.15, 0.2) is 65.7 Å². The molecule has 172 valence electrons. The zero-order chi connectivity index (χ0) is 23.5. The maximum Gasteiger partial charge on any atom is 0.279 e. The van der Waals surface area contributed by atoms with Crippen molar-refractivity contribution < 1.29 is 9.59 Å². The van der Waals surface area contributed by atoms with Gasteiger partial charge in [-0.05, 0) is 73.7 Å². The molecule has 0 atom stereocenters. The number of hydrazine groups is 1. The number of benzene rings is 2. The van der Waals surface area contributed by atoms with Crippen LogP contribution in [0.3, 0.4) is 0 Å². The molecule has 1 aliphatic carbocycles. The number of hydrogen-bond donors (Lipinski definition) is 2. The lowest BCUT2D eigenvalue weighted by atomic mass is 10.00. The average molecular weight is 473 g/mol. The van der Waals surface area contributed by atoms with Crippen molar-refractivity contribution in [2.45, 2.75) is 38.5 Å². The van der Waals surface area contributed by atoms with Crippen molar-refractivity contribution in [1.29, 1.82) is 0 Å². The van der Waals surface area contributed by atoms with Crippen LogP contribution in [-0.4, -0.2) is 21.4 Å². The fourth-order valence-electron chi connectivity index (χ4n) is 4.23. The Balaban J connectivity index is 1.25. The molecule has 0 saturated heterocycles. The molecular weight excluding hydrogens is 448 g/mol. The normalized spacial score (nSPS) is 13.5. The van der Waals surface area contributed by atoms with Crippen LogP contribution in [0, 0.1) is 0 Å². The minimum atomic E-state index is -0.432. The van der Waals surface area contributed by atoms with Crippen LogP contribution < -0.4 is 16.4 Å². The Morgan fingerprint density at radius 1 is 0.882 bits per heavy atom. The van der Waals surface area contributed by atoms with Gasteiger partial charge in [-0.2, -0.15) is 0 Å². The Kier molecular flexibility index (Phi) is 6.22. The molecule has 0 unspecified atom stereocenters. The third kappa shape index (κ3) is 4.49. The number of nitrogens with zero attached hydrogens (tertiary/aromatic N) is 2. The molecule has 7 nitrogen and oxygen atoms in total. The number of aromatic nitrogens is 2. The second kappa shape index (κ2) is 9.61. The van der Waals surface area contributed by atoms with Crippen molar-refractivity contribution in [2.24, 2.45) is 0 Å². The summed E-state index contributed by atoms with van der Waals surface area (Å²) in [6, 6.07) is 15.7. The standard InChI is InChI=1S/C26H24N4O3S/c31-24(28-29-25(32)23-15-18-7-3-1-2-4-10-22(18)34-23)17-11-13-19(14-12-17)30-16-27-21-9-6-5-8-20(21)26(30)33/h5-6,8-9,11-16H,1-4,7,10H2,(H,28,31)(H,29,32). The molecule has 5 rings (SSSR count). The number of hydrogen-bond acceptors (Lipinski definition) is 5. The largest absolute Gasteiger partial charge is 0.279 e. The quantitative estimate of drug-likeness (QED) is 0.438. The number of para-hydroxylation sites is 1. The molecule has 2 aromatic carbocycles. The molecule has 2 N–H and O–H groups in total. The van der Waals surface area contributed by atoms with E-state index in [1.165, 1.54) is 45.5 Å². The number of nitrogens with one attached hydrogen (secondary N) is 2. The summed E-state index contributed by atoms with van der Waals surface area (Å²) >= 11 is 1.51. The van der Waals surface area contributed by atoms with Gasteiger partial charge in [0.1, 0.15) is 6.33 Å². The molecule has 4 aromatic rings. The van der Waals surface area contributed by atoms with E-state index in [2.05, 4.69) is 15.8 Å². The summed E-state index contributed by atoms with van der Waals surface area (Å²) in [6.07, 6.45) is 8.28. The summed E-state index contributed by atoms with van der Waals surface area (Å²) in [4.78, 5) is 44.1. The number of carbonyl (C=O) groups is 2. The van der Waals surface area contributed by atoms with Crippen molar-refractivity contribution in [1.82, 2.24) is 20.4 Å². The van der Waals surface area contributed by atoms with E-state index in [-0.39, 0.29) is 11.5 Å². The predicted octanol–water partition coefficient (Wildman–Crippen LogP) is 4.18. The van der Waals surface area contributed by atoms with Gasteiger partial charge in [-0.1, -0.05) is 25.0 Å². The molecule has 2 aromatic heterocycles. The summed E-state index contributed by atoms with van der Waals surface area (Å²) in [5.41, 5.74) is 7.68. The summed E-state index contributed by atoms with van der Waals surface area (Å²) in [5, 5.41) is 0.524. The number of rotatable bonds is 3. The van der Waals surface area contributed by atoms with Gasteiger partial charge in [0.05, 0.1) is 21.5 Å². The van der Waals surface area contributed by atoms with E-state index in [1.807, 2.05) is 12.1 Å². The Morgan fingerprint density at radius 3 is 2.44 bits per heavy atom. The lowest BCUT2D eigenvalue weighted by Crippen LogP contribution is -2.41. The fraction of sp³-hybridized carbons (Fsp3) is 0.231. The minimum absolute atomic E-state index is 0.180. The summed E-state index contributed by atoms with van der Waals surface area (Å²) < 4.78 is 1.44. The number of fused-ring (bicyclic) bond motifs is 2. The van der Waals surface area contributed by atoms with Gasteiger partial charge in [-0.25, -0.2) is 4.98 Å².